The number of para-hydroxylation sites is 1. The van der Waals surface area contributed by atoms with Crippen LogP contribution in [0.25, 0.3) is 0 Å². The van der Waals surface area contributed by atoms with E-state index in [2.05, 4.69) is 11.4 Å². The Kier molecular flexibility index (Phi) is 3.65. The van der Waals surface area contributed by atoms with Crippen molar-refractivity contribution in [2.24, 2.45) is 0 Å². The molecule has 0 aromatic heterocycles. The molecular weight excluding hydrogens is 260 g/mol. The molecular formula is C18H20N2O. The molecule has 0 spiro atoms. The number of hydrogen-bond donors (Lipinski definition) is 1. The van der Waals surface area contributed by atoms with Gasteiger partial charge in [-0.05, 0) is 49.1 Å². The summed E-state index contributed by atoms with van der Waals surface area (Å²) in [4.78, 5) is 14.4. The summed E-state index contributed by atoms with van der Waals surface area (Å²) in [5.74, 6) is 0.120. The van der Waals surface area contributed by atoms with Gasteiger partial charge in [-0.3, -0.25) is 4.79 Å². The Hall–Kier alpha value is -2.29. The summed E-state index contributed by atoms with van der Waals surface area (Å²) in [5, 5.41) is 3.37. The smallest absolute Gasteiger partial charge is 0.249 e. The van der Waals surface area contributed by atoms with Gasteiger partial charge < -0.3 is 10.2 Å². The lowest BCUT2D eigenvalue weighted by Crippen LogP contribution is -2.43. The van der Waals surface area contributed by atoms with Crippen LogP contribution in [0.3, 0.4) is 0 Å². The molecule has 3 nitrogen and oxygen atoms in total. The second-order valence-corrected chi connectivity index (χ2v) is 5.63. The quantitative estimate of drug-likeness (QED) is 0.914. The maximum Gasteiger partial charge on any atom is 0.249 e. The van der Waals surface area contributed by atoms with E-state index in [-0.39, 0.29) is 11.9 Å². The summed E-state index contributed by atoms with van der Waals surface area (Å²) in [7, 11) is 1.85. The van der Waals surface area contributed by atoms with E-state index in [1.54, 1.807) is 4.90 Å². The van der Waals surface area contributed by atoms with E-state index in [0.717, 1.165) is 29.8 Å². The van der Waals surface area contributed by atoms with Crippen molar-refractivity contribution >= 4 is 17.3 Å². The molecule has 1 N–H and O–H groups in total. The largest absolute Gasteiger partial charge is 0.373 e. The molecule has 3 heteroatoms. The second kappa shape index (κ2) is 5.60. The normalized spacial score (nSPS) is 16.8. The fourth-order valence-corrected chi connectivity index (χ4v) is 2.82. The van der Waals surface area contributed by atoms with E-state index in [9.17, 15) is 4.79 Å². The van der Waals surface area contributed by atoms with Gasteiger partial charge >= 0.3 is 0 Å². The molecule has 0 saturated carbocycles. The molecule has 0 saturated heterocycles. The third-order valence-corrected chi connectivity index (χ3v) is 4.07. The fraction of sp³-hybridized carbons (Fsp3) is 0.278. The minimum absolute atomic E-state index is 0.120. The number of carbonyl (C=O) groups excluding carboxylic acids is 1. The number of amides is 1. The number of fused-ring (bicyclic) bond motifs is 1. The first-order valence-corrected chi connectivity index (χ1v) is 7.34. The maximum absolute atomic E-state index is 12.7. The van der Waals surface area contributed by atoms with E-state index in [0.29, 0.717) is 0 Å². The first-order chi connectivity index (χ1) is 10.1. The monoisotopic (exact) mass is 280 g/mol. The van der Waals surface area contributed by atoms with Crippen LogP contribution in [0.1, 0.15) is 17.5 Å². The third-order valence-electron chi connectivity index (χ3n) is 4.07. The van der Waals surface area contributed by atoms with Crippen molar-refractivity contribution in [1.82, 2.24) is 0 Å². The van der Waals surface area contributed by atoms with Crippen LogP contribution in [0.5, 0.6) is 0 Å². The zero-order chi connectivity index (χ0) is 14.8. The van der Waals surface area contributed by atoms with Crippen molar-refractivity contribution in [2.75, 3.05) is 17.3 Å². The Balaban J connectivity index is 1.77. The molecule has 1 heterocycles. The van der Waals surface area contributed by atoms with Gasteiger partial charge in [0.05, 0.1) is 0 Å². The van der Waals surface area contributed by atoms with Crippen LogP contribution in [-0.4, -0.2) is 19.0 Å². The number of hydrogen-bond acceptors (Lipinski definition) is 2. The molecule has 2 aromatic rings. The van der Waals surface area contributed by atoms with E-state index in [1.165, 1.54) is 5.56 Å². The van der Waals surface area contributed by atoms with E-state index >= 15 is 0 Å². The Morgan fingerprint density at radius 1 is 1.19 bits per heavy atom. The molecule has 1 atom stereocenters. The number of likely N-dealkylation sites (N-methyl/N-ethyl adjacent to an activating group) is 1. The molecule has 108 valence electrons. The minimum atomic E-state index is -0.148. The Morgan fingerprint density at radius 2 is 2.00 bits per heavy atom. The highest BCUT2D eigenvalue weighted by Crippen LogP contribution is 2.26. The van der Waals surface area contributed by atoms with E-state index in [4.69, 9.17) is 0 Å². The summed E-state index contributed by atoms with van der Waals surface area (Å²) in [5.41, 5.74) is 4.48. The summed E-state index contributed by atoms with van der Waals surface area (Å²) in [6.07, 6.45) is 1.78. The zero-order valence-corrected chi connectivity index (χ0v) is 12.5. The molecule has 0 bridgehead atoms. The van der Waals surface area contributed by atoms with Gasteiger partial charge in [-0.15, -0.1) is 0 Å². The van der Waals surface area contributed by atoms with E-state index < -0.39 is 0 Å². The predicted molar refractivity (Wildman–Crippen MR) is 86.8 cm³/mol. The van der Waals surface area contributed by atoms with Crippen LogP contribution in [0.15, 0.2) is 48.5 Å². The van der Waals surface area contributed by atoms with Crippen LogP contribution in [0, 0.1) is 6.92 Å². The molecule has 21 heavy (non-hydrogen) atoms. The van der Waals surface area contributed by atoms with Crippen molar-refractivity contribution < 1.29 is 4.79 Å². The van der Waals surface area contributed by atoms with Crippen molar-refractivity contribution in [3.05, 3.63) is 59.7 Å². The van der Waals surface area contributed by atoms with Gasteiger partial charge in [0.15, 0.2) is 0 Å². The average Bonchev–Trinajstić information content (AvgIpc) is 2.53. The average molecular weight is 280 g/mol. The van der Waals surface area contributed by atoms with E-state index in [1.807, 2.05) is 56.4 Å². The Morgan fingerprint density at radius 3 is 2.81 bits per heavy atom. The number of nitrogens with one attached hydrogen (secondary N) is 1. The number of benzene rings is 2. The minimum Gasteiger partial charge on any atom is -0.373 e. The number of rotatable bonds is 2. The highest BCUT2D eigenvalue weighted by Gasteiger charge is 2.26. The fourth-order valence-electron chi connectivity index (χ4n) is 2.82. The molecule has 3 rings (SSSR count). The molecule has 0 aliphatic carbocycles. The van der Waals surface area contributed by atoms with Gasteiger partial charge in [0, 0.05) is 18.4 Å². The predicted octanol–water partition coefficient (Wildman–Crippen LogP) is 3.38. The molecule has 2 aromatic carbocycles. The maximum atomic E-state index is 12.7. The molecule has 1 amide bonds. The van der Waals surface area contributed by atoms with Gasteiger partial charge in [0.25, 0.3) is 0 Å². The number of carbonyl (C=O) groups is 1. The van der Waals surface area contributed by atoms with Gasteiger partial charge in [0.2, 0.25) is 5.91 Å². The van der Waals surface area contributed by atoms with Crippen LogP contribution in [-0.2, 0) is 11.2 Å². The molecule has 1 unspecified atom stereocenters. The van der Waals surface area contributed by atoms with Gasteiger partial charge in [-0.1, -0.05) is 30.3 Å². The lowest BCUT2D eigenvalue weighted by Gasteiger charge is -2.29. The summed E-state index contributed by atoms with van der Waals surface area (Å²) < 4.78 is 0. The number of aryl methyl sites for hydroxylation is 2. The summed E-state index contributed by atoms with van der Waals surface area (Å²) in [6, 6.07) is 16.1. The zero-order valence-electron chi connectivity index (χ0n) is 12.5. The van der Waals surface area contributed by atoms with Crippen LogP contribution in [0.2, 0.25) is 0 Å². The number of anilines is 2. The first kappa shape index (κ1) is 13.7. The topological polar surface area (TPSA) is 32.3 Å². The lowest BCUT2D eigenvalue weighted by atomic mass is 9.97. The van der Waals surface area contributed by atoms with Gasteiger partial charge in [-0.25, -0.2) is 0 Å². The highest BCUT2D eigenvalue weighted by atomic mass is 16.2. The SMILES string of the molecule is Cc1cccc(N(C)C(=O)C2CCc3ccccc3N2)c1. The van der Waals surface area contributed by atoms with Crippen molar-refractivity contribution in [3.63, 3.8) is 0 Å². The molecule has 1 aliphatic heterocycles. The Bertz CT molecular complexity index is 666. The van der Waals surface area contributed by atoms with Crippen LogP contribution < -0.4 is 10.2 Å². The van der Waals surface area contributed by atoms with Crippen molar-refractivity contribution in [3.8, 4) is 0 Å². The molecule has 1 aliphatic rings. The first-order valence-electron chi connectivity index (χ1n) is 7.34. The number of nitrogens with zero attached hydrogens (tertiary/aromatic N) is 1. The van der Waals surface area contributed by atoms with Crippen LogP contribution in [0.4, 0.5) is 11.4 Å². The van der Waals surface area contributed by atoms with Gasteiger partial charge in [-0.2, -0.15) is 0 Å². The van der Waals surface area contributed by atoms with Crippen molar-refractivity contribution in [2.45, 2.75) is 25.8 Å². The third kappa shape index (κ3) is 2.77. The second-order valence-electron chi connectivity index (χ2n) is 5.63. The van der Waals surface area contributed by atoms with Crippen LogP contribution >= 0.6 is 0 Å². The summed E-state index contributed by atoms with van der Waals surface area (Å²) in [6.45, 7) is 2.04. The van der Waals surface area contributed by atoms with Crippen molar-refractivity contribution in [1.29, 1.82) is 0 Å². The molecule has 0 fully saturated rings. The standard InChI is InChI=1S/C18H20N2O/c1-13-6-5-8-15(12-13)20(2)18(21)17-11-10-14-7-3-4-9-16(14)19-17/h3-9,12,17,19H,10-11H2,1-2H3. The molecule has 0 radical (unpaired) electrons. The highest BCUT2D eigenvalue weighted by molar-refractivity contribution is 5.98. The van der Waals surface area contributed by atoms with Gasteiger partial charge in [0.1, 0.15) is 6.04 Å². The Labute approximate surface area is 125 Å². The lowest BCUT2D eigenvalue weighted by molar-refractivity contribution is -0.119. The summed E-state index contributed by atoms with van der Waals surface area (Å²) >= 11 is 0.